The van der Waals surface area contributed by atoms with E-state index in [0.29, 0.717) is 23.8 Å². The van der Waals surface area contributed by atoms with Crippen molar-refractivity contribution < 1.29 is 5.11 Å². The number of hydrogen-bond donors (Lipinski definition) is 3. The molecule has 0 bridgehead atoms. The predicted octanol–water partition coefficient (Wildman–Crippen LogP) is 0.740. The summed E-state index contributed by atoms with van der Waals surface area (Å²) in [7, 11) is 0. The van der Waals surface area contributed by atoms with Crippen molar-refractivity contribution >= 4 is 17.3 Å². The average molecular weight is 235 g/mol. The van der Waals surface area contributed by atoms with Gasteiger partial charge in [0, 0.05) is 18.9 Å². The van der Waals surface area contributed by atoms with Gasteiger partial charge in [-0.15, -0.1) is 0 Å². The average Bonchev–Trinajstić information content (AvgIpc) is 2.72. The first-order valence-electron chi connectivity index (χ1n) is 5.59. The predicted molar refractivity (Wildman–Crippen MR) is 66.7 cm³/mol. The zero-order valence-corrected chi connectivity index (χ0v) is 9.96. The monoisotopic (exact) mass is 235 g/mol. The molecule has 2 aromatic rings. The maximum Gasteiger partial charge on any atom is 0.180 e. The number of nitrogens with two attached hydrogens (primary N) is 1. The van der Waals surface area contributed by atoms with E-state index in [-0.39, 0.29) is 5.92 Å². The number of aliphatic hydroxyl groups excluding tert-OH is 1. The summed E-state index contributed by atoms with van der Waals surface area (Å²) in [6.07, 6.45) is 4.76. The Bertz CT molecular complexity index is 508. The molecule has 0 aliphatic carbocycles. The van der Waals surface area contributed by atoms with Gasteiger partial charge in [-0.05, 0) is 5.92 Å². The second-order valence-corrected chi connectivity index (χ2v) is 4.36. The second kappa shape index (κ2) is 4.58. The highest BCUT2D eigenvalue weighted by atomic mass is 16.3. The fourth-order valence-electron chi connectivity index (χ4n) is 1.51. The van der Waals surface area contributed by atoms with Crippen molar-refractivity contribution in [1.29, 1.82) is 0 Å². The van der Waals surface area contributed by atoms with Crippen molar-refractivity contribution in [2.45, 2.75) is 20.0 Å². The Morgan fingerprint density at radius 1 is 1.53 bits per heavy atom. The van der Waals surface area contributed by atoms with Crippen molar-refractivity contribution in [2.75, 3.05) is 17.6 Å². The molecule has 0 aliphatic rings. The van der Waals surface area contributed by atoms with Crippen molar-refractivity contribution in [1.82, 2.24) is 14.4 Å². The van der Waals surface area contributed by atoms with Crippen LogP contribution in [0.4, 0.5) is 11.6 Å². The molecule has 4 N–H and O–H groups in total. The van der Waals surface area contributed by atoms with Crippen LogP contribution in [0.2, 0.25) is 0 Å². The molecular weight excluding hydrogens is 218 g/mol. The molecular formula is C11H17N5O. The zero-order valence-electron chi connectivity index (χ0n) is 9.96. The lowest BCUT2D eigenvalue weighted by molar-refractivity contribution is 0.138. The second-order valence-electron chi connectivity index (χ2n) is 4.36. The van der Waals surface area contributed by atoms with E-state index in [4.69, 9.17) is 5.73 Å². The molecule has 1 unspecified atom stereocenters. The highest BCUT2D eigenvalue weighted by Crippen LogP contribution is 2.15. The van der Waals surface area contributed by atoms with E-state index in [1.807, 2.05) is 13.8 Å². The van der Waals surface area contributed by atoms with Gasteiger partial charge >= 0.3 is 0 Å². The molecule has 17 heavy (non-hydrogen) atoms. The van der Waals surface area contributed by atoms with Crippen molar-refractivity contribution in [3.63, 3.8) is 0 Å². The van der Waals surface area contributed by atoms with Crippen LogP contribution in [-0.4, -0.2) is 32.1 Å². The van der Waals surface area contributed by atoms with E-state index in [1.165, 1.54) is 0 Å². The van der Waals surface area contributed by atoms with Gasteiger partial charge in [-0.1, -0.05) is 13.8 Å². The van der Waals surface area contributed by atoms with Crippen LogP contribution < -0.4 is 11.1 Å². The Labute approximate surface area is 99.5 Å². The number of nitrogen functional groups attached to an aromatic ring is 1. The third-order valence-electron chi connectivity index (χ3n) is 2.64. The largest absolute Gasteiger partial charge is 0.391 e. The summed E-state index contributed by atoms with van der Waals surface area (Å²) in [5.74, 6) is 1.20. The van der Waals surface area contributed by atoms with Gasteiger partial charge in [0.1, 0.15) is 5.82 Å². The lowest BCUT2D eigenvalue weighted by Gasteiger charge is -2.15. The molecule has 0 saturated carbocycles. The Hall–Kier alpha value is -1.82. The third kappa shape index (κ3) is 2.47. The van der Waals surface area contributed by atoms with Gasteiger partial charge in [0.25, 0.3) is 0 Å². The van der Waals surface area contributed by atoms with Gasteiger partial charge < -0.3 is 20.6 Å². The van der Waals surface area contributed by atoms with Crippen molar-refractivity contribution in [2.24, 2.45) is 5.92 Å². The molecule has 92 valence electrons. The molecule has 0 aromatic carbocycles. The number of imidazole rings is 1. The summed E-state index contributed by atoms with van der Waals surface area (Å²) in [5, 5.41) is 12.8. The lowest BCUT2D eigenvalue weighted by Crippen LogP contribution is -2.25. The van der Waals surface area contributed by atoms with E-state index in [0.717, 1.165) is 0 Å². The van der Waals surface area contributed by atoms with Crippen LogP contribution in [0.5, 0.6) is 0 Å². The normalized spacial score (nSPS) is 13.2. The minimum atomic E-state index is -0.423. The van der Waals surface area contributed by atoms with Gasteiger partial charge in [0.2, 0.25) is 0 Å². The molecule has 2 rings (SSSR count). The molecule has 6 nitrogen and oxygen atoms in total. The van der Waals surface area contributed by atoms with E-state index in [9.17, 15) is 5.11 Å². The number of nitrogens with zero attached hydrogens (tertiary/aromatic N) is 3. The van der Waals surface area contributed by atoms with Gasteiger partial charge in [0.05, 0.1) is 12.3 Å². The van der Waals surface area contributed by atoms with Gasteiger partial charge in [0.15, 0.2) is 11.5 Å². The molecule has 6 heteroatoms. The Morgan fingerprint density at radius 2 is 2.29 bits per heavy atom. The number of nitrogens with one attached hydrogen (secondary N) is 1. The first-order chi connectivity index (χ1) is 8.08. The number of hydrogen-bond acceptors (Lipinski definition) is 5. The van der Waals surface area contributed by atoms with Crippen LogP contribution in [0.25, 0.3) is 5.65 Å². The number of fused-ring (bicyclic) bond motifs is 1. The van der Waals surface area contributed by atoms with Crippen molar-refractivity contribution in [3.05, 3.63) is 18.6 Å². The van der Waals surface area contributed by atoms with Crippen LogP contribution in [0.15, 0.2) is 18.6 Å². The molecule has 0 saturated heterocycles. The number of anilines is 2. The summed E-state index contributed by atoms with van der Waals surface area (Å²) >= 11 is 0. The number of aliphatic hydroxyl groups is 1. The van der Waals surface area contributed by atoms with E-state index in [2.05, 4.69) is 15.3 Å². The van der Waals surface area contributed by atoms with Crippen LogP contribution in [0, 0.1) is 5.92 Å². The Balaban J connectivity index is 2.20. The first kappa shape index (κ1) is 11.7. The van der Waals surface area contributed by atoms with Crippen LogP contribution in [0.3, 0.4) is 0 Å². The maximum absolute atomic E-state index is 9.73. The minimum Gasteiger partial charge on any atom is -0.391 e. The zero-order chi connectivity index (χ0) is 12.4. The lowest BCUT2D eigenvalue weighted by atomic mass is 10.1. The topological polar surface area (TPSA) is 88.5 Å². The fraction of sp³-hybridized carbons (Fsp3) is 0.455. The molecule has 0 spiro atoms. The summed E-state index contributed by atoms with van der Waals surface area (Å²) in [6, 6.07) is 0. The molecule has 0 fully saturated rings. The van der Waals surface area contributed by atoms with E-state index in [1.54, 1.807) is 23.0 Å². The van der Waals surface area contributed by atoms with Gasteiger partial charge in [-0.3, -0.25) is 0 Å². The summed E-state index contributed by atoms with van der Waals surface area (Å²) < 4.78 is 1.80. The standard InChI is InChI=1S/C11H17N5O/c1-7(2)8(17)5-14-10-11-13-3-4-16(11)6-9(12)15-10/h3-4,6-8,17H,5,12H2,1-2H3,(H,14,15). The summed E-state index contributed by atoms with van der Waals surface area (Å²) in [5.41, 5.74) is 6.39. The quantitative estimate of drug-likeness (QED) is 0.727. The van der Waals surface area contributed by atoms with Gasteiger partial charge in [-0.25, -0.2) is 9.97 Å². The number of aromatic nitrogens is 3. The molecule has 2 aromatic heterocycles. The fourth-order valence-corrected chi connectivity index (χ4v) is 1.51. The van der Waals surface area contributed by atoms with E-state index >= 15 is 0 Å². The van der Waals surface area contributed by atoms with Crippen LogP contribution >= 0.6 is 0 Å². The van der Waals surface area contributed by atoms with Gasteiger partial charge in [-0.2, -0.15) is 0 Å². The maximum atomic E-state index is 9.73. The molecule has 0 aliphatic heterocycles. The molecule has 0 radical (unpaired) electrons. The minimum absolute atomic E-state index is 0.194. The van der Waals surface area contributed by atoms with E-state index < -0.39 is 6.10 Å². The smallest absolute Gasteiger partial charge is 0.180 e. The molecule has 1 atom stereocenters. The molecule has 0 amide bonds. The highest BCUT2D eigenvalue weighted by Gasteiger charge is 2.11. The SMILES string of the molecule is CC(C)C(O)CNc1nc(N)cn2ccnc12. The van der Waals surface area contributed by atoms with Crippen molar-refractivity contribution in [3.8, 4) is 0 Å². The highest BCUT2D eigenvalue weighted by molar-refractivity contribution is 5.64. The molecule has 2 heterocycles. The number of rotatable bonds is 4. The van der Waals surface area contributed by atoms with Crippen LogP contribution in [0.1, 0.15) is 13.8 Å². The Kier molecular flexibility index (Phi) is 3.14. The summed E-state index contributed by atoms with van der Waals surface area (Å²) in [4.78, 5) is 8.36. The third-order valence-corrected chi connectivity index (χ3v) is 2.64. The van der Waals surface area contributed by atoms with Crippen LogP contribution in [-0.2, 0) is 0 Å². The Morgan fingerprint density at radius 3 is 3.00 bits per heavy atom. The first-order valence-corrected chi connectivity index (χ1v) is 5.59. The summed E-state index contributed by atoms with van der Waals surface area (Å²) in [6.45, 7) is 4.35.